The molecule has 0 bridgehead atoms. The monoisotopic (exact) mass is 396 g/mol. The van der Waals surface area contributed by atoms with Crippen LogP contribution in [0.5, 0.6) is 5.88 Å². The van der Waals surface area contributed by atoms with E-state index in [0.29, 0.717) is 23.6 Å². The van der Waals surface area contributed by atoms with Crippen LogP contribution in [0.1, 0.15) is 18.4 Å². The highest BCUT2D eigenvalue weighted by atomic mass is 79.9. The van der Waals surface area contributed by atoms with Crippen molar-refractivity contribution in [1.82, 2.24) is 9.71 Å². The predicted molar refractivity (Wildman–Crippen MR) is 90.9 cm³/mol. The molecule has 1 saturated carbocycles. The van der Waals surface area contributed by atoms with Crippen molar-refractivity contribution in [3.05, 3.63) is 52.6 Å². The summed E-state index contributed by atoms with van der Waals surface area (Å²) in [6.07, 6.45) is 2.91. The first kappa shape index (κ1) is 16.4. The fourth-order valence-corrected chi connectivity index (χ4v) is 3.99. The van der Waals surface area contributed by atoms with Crippen LogP contribution >= 0.6 is 15.9 Å². The normalized spacial score (nSPS) is 20.8. The maximum atomic E-state index is 12.3. The molecule has 5 nitrogen and oxygen atoms in total. The number of hydrogen-bond donors (Lipinski definition) is 1. The molecule has 122 valence electrons. The van der Waals surface area contributed by atoms with Crippen molar-refractivity contribution in [2.45, 2.75) is 36.8 Å². The van der Waals surface area contributed by atoms with Gasteiger partial charge in [0.1, 0.15) is 6.10 Å². The van der Waals surface area contributed by atoms with Gasteiger partial charge in [0.05, 0.1) is 9.37 Å². The molecular formula is C16H17BrN2O3S. The molecule has 0 amide bonds. The van der Waals surface area contributed by atoms with Gasteiger partial charge in [0, 0.05) is 25.1 Å². The smallest absolute Gasteiger partial charge is 0.240 e. The van der Waals surface area contributed by atoms with Crippen molar-refractivity contribution in [1.29, 1.82) is 0 Å². The number of rotatable bonds is 5. The fourth-order valence-electron chi connectivity index (χ4n) is 2.38. The summed E-state index contributed by atoms with van der Waals surface area (Å²) in [5, 5.41) is 0. The molecule has 1 fully saturated rings. The van der Waals surface area contributed by atoms with E-state index in [-0.39, 0.29) is 12.1 Å². The topological polar surface area (TPSA) is 68.3 Å². The zero-order valence-electron chi connectivity index (χ0n) is 12.6. The van der Waals surface area contributed by atoms with Gasteiger partial charge in [-0.1, -0.05) is 17.7 Å². The quantitative estimate of drug-likeness (QED) is 0.842. The minimum Gasteiger partial charge on any atom is -0.473 e. The van der Waals surface area contributed by atoms with Gasteiger partial charge in [0.25, 0.3) is 0 Å². The maximum absolute atomic E-state index is 12.3. The Morgan fingerprint density at radius 3 is 2.57 bits per heavy atom. The average molecular weight is 397 g/mol. The fraction of sp³-hybridized carbons (Fsp3) is 0.312. The van der Waals surface area contributed by atoms with Gasteiger partial charge in [-0.3, -0.25) is 0 Å². The summed E-state index contributed by atoms with van der Waals surface area (Å²) in [4.78, 5) is 4.44. The van der Waals surface area contributed by atoms with Gasteiger partial charge < -0.3 is 4.74 Å². The number of hydrogen-bond acceptors (Lipinski definition) is 4. The molecule has 1 aliphatic carbocycles. The van der Waals surface area contributed by atoms with Gasteiger partial charge in [-0.2, -0.15) is 0 Å². The first-order valence-corrected chi connectivity index (χ1v) is 9.58. The predicted octanol–water partition coefficient (Wildman–Crippen LogP) is 3.04. The van der Waals surface area contributed by atoms with Crippen LogP contribution in [0.15, 0.2) is 52.0 Å². The molecule has 1 aromatic carbocycles. The lowest BCUT2D eigenvalue weighted by Gasteiger charge is -2.35. The van der Waals surface area contributed by atoms with Crippen molar-refractivity contribution in [3.8, 4) is 5.88 Å². The van der Waals surface area contributed by atoms with E-state index in [1.165, 1.54) is 0 Å². The Labute approximate surface area is 144 Å². The number of nitrogens with one attached hydrogen (secondary N) is 1. The van der Waals surface area contributed by atoms with Crippen LogP contribution in [0.3, 0.4) is 0 Å². The molecule has 23 heavy (non-hydrogen) atoms. The molecule has 0 aliphatic heterocycles. The molecular weight excluding hydrogens is 380 g/mol. The molecule has 0 unspecified atom stereocenters. The summed E-state index contributed by atoms with van der Waals surface area (Å²) in [5.74, 6) is 0.539. The highest BCUT2D eigenvalue weighted by Crippen LogP contribution is 2.29. The second-order valence-corrected chi connectivity index (χ2v) is 8.20. The Bertz CT molecular complexity index is 787. The molecule has 1 heterocycles. The lowest BCUT2D eigenvalue weighted by Crippen LogP contribution is -2.48. The summed E-state index contributed by atoms with van der Waals surface area (Å²) in [6.45, 7) is 1.92. The van der Waals surface area contributed by atoms with Gasteiger partial charge in [0.15, 0.2) is 0 Å². The van der Waals surface area contributed by atoms with E-state index in [4.69, 9.17) is 4.74 Å². The van der Waals surface area contributed by atoms with E-state index >= 15 is 0 Å². The van der Waals surface area contributed by atoms with E-state index in [9.17, 15) is 8.42 Å². The van der Waals surface area contributed by atoms with Gasteiger partial charge in [0.2, 0.25) is 15.9 Å². The number of nitrogens with zero attached hydrogens (tertiary/aromatic N) is 1. The molecule has 0 saturated heterocycles. The summed E-state index contributed by atoms with van der Waals surface area (Å²) in [5.41, 5.74) is 1.03. The third-order valence-corrected chi connectivity index (χ3v) is 5.89. The lowest BCUT2D eigenvalue weighted by atomic mass is 9.90. The summed E-state index contributed by atoms with van der Waals surface area (Å²) >= 11 is 3.38. The molecule has 1 aliphatic rings. The Morgan fingerprint density at radius 2 is 1.91 bits per heavy atom. The number of aromatic nitrogens is 1. The number of pyridine rings is 1. The van der Waals surface area contributed by atoms with Crippen molar-refractivity contribution in [3.63, 3.8) is 0 Å². The number of halogens is 1. The summed E-state index contributed by atoms with van der Waals surface area (Å²) in [6, 6.07) is 10.4. The highest BCUT2D eigenvalue weighted by Gasteiger charge is 2.34. The SMILES string of the molecule is Cc1ccc(S(=O)(=O)NC2CC(Oc3ncccc3Br)C2)cc1. The van der Waals surface area contributed by atoms with Crippen molar-refractivity contribution >= 4 is 26.0 Å². The lowest BCUT2D eigenvalue weighted by molar-refractivity contribution is 0.0888. The number of benzene rings is 1. The molecule has 0 atom stereocenters. The third kappa shape index (κ3) is 3.91. The Balaban J connectivity index is 1.56. The van der Waals surface area contributed by atoms with Crippen LogP contribution in [0.2, 0.25) is 0 Å². The minimum absolute atomic E-state index is 0.0214. The van der Waals surface area contributed by atoms with E-state index in [1.54, 1.807) is 30.5 Å². The number of sulfonamides is 1. The van der Waals surface area contributed by atoms with Crippen LogP contribution < -0.4 is 9.46 Å². The first-order valence-electron chi connectivity index (χ1n) is 7.30. The van der Waals surface area contributed by atoms with E-state index < -0.39 is 10.0 Å². The van der Waals surface area contributed by atoms with E-state index in [0.717, 1.165) is 10.0 Å². The van der Waals surface area contributed by atoms with Crippen LogP contribution in [0, 0.1) is 6.92 Å². The Hall–Kier alpha value is -1.44. The maximum Gasteiger partial charge on any atom is 0.240 e. The van der Waals surface area contributed by atoms with E-state index in [2.05, 4.69) is 25.6 Å². The third-order valence-electron chi connectivity index (χ3n) is 3.75. The standard InChI is InChI=1S/C16H17BrN2O3S/c1-11-4-6-14(7-5-11)23(20,21)19-12-9-13(10-12)22-16-15(17)3-2-8-18-16/h2-8,12-13,19H,9-10H2,1H3. The molecule has 2 aromatic rings. The molecule has 3 rings (SSSR count). The van der Waals surface area contributed by atoms with Crippen molar-refractivity contribution < 1.29 is 13.2 Å². The van der Waals surface area contributed by atoms with Gasteiger partial charge in [-0.25, -0.2) is 18.1 Å². The van der Waals surface area contributed by atoms with Crippen LogP contribution in [0.4, 0.5) is 0 Å². The summed E-state index contributed by atoms with van der Waals surface area (Å²) < 4.78 is 33.9. The number of ether oxygens (including phenoxy) is 1. The van der Waals surface area contributed by atoms with Crippen LogP contribution in [-0.2, 0) is 10.0 Å². The molecule has 7 heteroatoms. The molecule has 0 spiro atoms. The molecule has 1 N–H and O–H groups in total. The second-order valence-electron chi connectivity index (χ2n) is 5.63. The van der Waals surface area contributed by atoms with Gasteiger partial charge >= 0.3 is 0 Å². The first-order chi connectivity index (χ1) is 10.9. The second kappa shape index (κ2) is 6.59. The Kier molecular flexibility index (Phi) is 4.70. The van der Waals surface area contributed by atoms with Crippen molar-refractivity contribution in [2.75, 3.05) is 0 Å². The van der Waals surface area contributed by atoms with Gasteiger partial charge in [-0.15, -0.1) is 0 Å². The van der Waals surface area contributed by atoms with Crippen LogP contribution in [-0.4, -0.2) is 25.5 Å². The summed E-state index contributed by atoms with van der Waals surface area (Å²) in [7, 11) is -3.47. The minimum atomic E-state index is -3.47. The average Bonchev–Trinajstić information content (AvgIpc) is 2.47. The van der Waals surface area contributed by atoms with E-state index in [1.807, 2.05) is 19.1 Å². The largest absolute Gasteiger partial charge is 0.473 e. The van der Waals surface area contributed by atoms with Crippen LogP contribution in [0.25, 0.3) is 0 Å². The molecule has 0 radical (unpaired) electrons. The van der Waals surface area contributed by atoms with Crippen molar-refractivity contribution in [2.24, 2.45) is 0 Å². The molecule has 1 aromatic heterocycles. The zero-order chi connectivity index (χ0) is 16.4. The zero-order valence-corrected chi connectivity index (χ0v) is 15.0. The van der Waals surface area contributed by atoms with Gasteiger partial charge in [-0.05, 0) is 47.1 Å². The number of aryl methyl sites for hydroxylation is 1. The Morgan fingerprint density at radius 1 is 1.22 bits per heavy atom. The highest BCUT2D eigenvalue weighted by molar-refractivity contribution is 9.10.